The smallest absolute Gasteiger partial charge is 0.153 e. The molecule has 2 nitrogen and oxygen atoms in total. The van der Waals surface area contributed by atoms with Gasteiger partial charge >= 0.3 is 0 Å². The van der Waals surface area contributed by atoms with Crippen LogP contribution in [0, 0.1) is 0 Å². The number of sulfone groups is 1. The highest BCUT2D eigenvalue weighted by Gasteiger charge is 2.38. The second-order valence-corrected chi connectivity index (χ2v) is 6.02. The van der Waals surface area contributed by atoms with E-state index in [1.54, 1.807) is 0 Å². The summed E-state index contributed by atoms with van der Waals surface area (Å²) in [6, 6.07) is 0. The Labute approximate surface area is 64.1 Å². The van der Waals surface area contributed by atoms with Gasteiger partial charge in [0.25, 0.3) is 0 Å². The fourth-order valence-corrected chi connectivity index (χ4v) is 3.77. The molecule has 0 aromatic rings. The van der Waals surface area contributed by atoms with Crippen molar-refractivity contribution in [2.24, 2.45) is 0 Å². The van der Waals surface area contributed by atoms with Crippen LogP contribution in [0.15, 0.2) is 0 Å². The lowest BCUT2D eigenvalue weighted by atomic mass is 10.4. The topological polar surface area (TPSA) is 34.1 Å². The molecule has 1 saturated heterocycles. The Bertz CT molecular complexity index is 207. The van der Waals surface area contributed by atoms with E-state index >= 15 is 0 Å². The van der Waals surface area contributed by atoms with E-state index in [1.807, 2.05) is 0 Å². The average molecular weight is 189 g/mol. The monoisotopic (exact) mass is 188 g/mol. The first-order chi connectivity index (χ1) is 3.91. The van der Waals surface area contributed by atoms with Crippen molar-refractivity contribution in [3.63, 3.8) is 0 Å². The molecule has 9 heavy (non-hydrogen) atoms. The summed E-state index contributed by atoms with van der Waals surface area (Å²) in [7, 11) is -2.92. The first-order valence-electron chi connectivity index (χ1n) is 2.50. The van der Waals surface area contributed by atoms with Crippen LogP contribution in [0.5, 0.6) is 0 Å². The largest absolute Gasteiger partial charge is 0.229 e. The summed E-state index contributed by atoms with van der Waals surface area (Å²) >= 11 is 11.1. The molecule has 0 radical (unpaired) electrons. The predicted molar refractivity (Wildman–Crippen MR) is 37.7 cm³/mol. The van der Waals surface area contributed by atoms with Gasteiger partial charge in [-0.3, -0.25) is 0 Å². The number of alkyl halides is 2. The summed E-state index contributed by atoms with van der Waals surface area (Å²) in [5.74, 6) is 0.0309. The van der Waals surface area contributed by atoms with Crippen LogP contribution in [0.25, 0.3) is 0 Å². The van der Waals surface area contributed by atoms with Crippen LogP contribution < -0.4 is 0 Å². The van der Waals surface area contributed by atoms with Gasteiger partial charge in [-0.15, -0.1) is 23.2 Å². The van der Waals surface area contributed by atoms with Gasteiger partial charge in [-0.05, 0) is 6.42 Å². The van der Waals surface area contributed by atoms with E-state index in [2.05, 4.69) is 0 Å². The fourth-order valence-electron chi connectivity index (χ4n) is 0.771. The molecule has 0 atom stereocenters. The van der Waals surface area contributed by atoms with E-state index in [4.69, 9.17) is 23.2 Å². The van der Waals surface area contributed by atoms with Gasteiger partial charge in [0.1, 0.15) is 4.33 Å². The van der Waals surface area contributed by atoms with Gasteiger partial charge in [-0.25, -0.2) is 8.42 Å². The predicted octanol–water partition coefficient (Wildman–Crippen LogP) is 0.979. The highest BCUT2D eigenvalue weighted by molar-refractivity contribution is 7.91. The van der Waals surface area contributed by atoms with E-state index in [9.17, 15) is 8.42 Å². The van der Waals surface area contributed by atoms with Crippen molar-refractivity contribution >= 4 is 33.0 Å². The molecule has 0 unspecified atom stereocenters. The van der Waals surface area contributed by atoms with Gasteiger partial charge in [0, 0.05) is 0 Å². The second kappa shape index (κ2) is 2.01. The van der Waals surface area contributed by atoms with Gasteiger partial charge in [0.15, 0.2) is 9.84 Å². The second-order valence-electron chi connectivity index (χ2n) is 2.20. The van der Waals surface area contributed by atoms with Crippen molar-refractivity contribution in [2.75, 3.05) is 11.5 Å². The summed E-state index contributed by atoms with van der Waals surface area (Å²) in [5, 5.41) is 0. The molecule has 54 valence electrons. The Morgan fingerprint density at radius 2 is 1.89 bits per heavy atom. The van der Waals surface area contributed by atoms with Gasteiger partial charge in [-0.1, -0.05) is 0 Å². The number of hydrogen-bond acceptors (Lipinski definition) is 2. The molecule has 0 bridgehead atoms. The van der Waals surface area contributed by atoms with Crippen LogP contribution in [0.2, 0.25) is 0 Å². The van der Waals surface area contributed by atoms with E-state index in [-0.39, 0.29) is 11.5 Å². The van der Waals surface area contributed by atoms with Crippen LogP contribution in [-0.4, -0.2) is 24.3 Å². The average Bonchev–Trinajstić information content (AvgIpc) is 1.78. The minimum absolute atomic E-state index is 0.0941. The maximum absolute atomic E-state index is 10.7. The molecule has 0 amide bonds. The molecule has 0 aromatic heterocycles. The first-order valence-corrected chi connectivity index (χ1v) is 5.07. The van der Waals surface area contributed by atoms with Gasteiger partial charge < -0.3 is 0 Å². The third-order valence-electron chi connectivity index (χ3n) is 1.21. The van der Waals surface area contributed by atoms with Crippen LogP contribution in [-0.2, 0) is 9.84 Å². The molecule has 0 spiro atoms. The maximum atomic E-state index is 10.7. The first kappa shape index (κ1) is 7.63. The SMILES string of the molecule is O=S1(=O)CCC(Cl)(Cl)C1. The number of rotatable bonds is 0. The van der Waals surface area contributed by atoms with Gasteiger partial charge in [0.2, 0.25) is 0 Å². The Hall–Kier alpha value is 0.530. The molecule has 1 fully saturated rings. The Morgan fingerprint density at radius 1 is 1.33 bits per heavy atom. The van der Waals surface area contributed by atoms with E-state index in [0.29, 0.717) is 6.42 Å². The molecule has 5 heteroatoms. The zero-order valence-corrected chi connectivity index (χ0v) is 6.93. The molecule has 1 aliphatic rings. The lowest BCUT2D eigenvalue weighted by Gasteiger charge is -2.05. The van der Waals surface area contributed by atoms with Crippen molar-refractivity contribution in [3.05, 3.63) is 0 Å². The molecule has 1 heterocycles. The normalized spacial score (nSPS) is 30.4. The molecule has 0 saturated carbocycles. The van der Waals surface area contributed by atoms with E-state index in [0.717, 1.165) is 0 Å². The third-order valence-corrected chi connectivity index (χ3v) is 3.93. The van der Waals surface area contributed by atoms with E-state index in [1.165, 1.54) is 0 Å². The van der Waals surface area contributed by atoms with Crippen molar-refractivity contribution in [1.29, 1.82) is 0 Å². The zero-order valence-electron chi connectivity index (χ0n) is 4.60. The van der Waals surface area contributed by atoms with Crippen molar-refractivity contribution in [1.82, 2.24) is 0 Å². The quantitative estimate of drug-likeness (QED) is 0.532. The molecule has 0 aliphatic carbocycles. The van der Waals surface area contributed by atoms with Gasteiger partial charge in [0.05, 0.1) is 11.5 Å². The van der Waals surface area contributed by atoms with Crippen molar-refractivity contribution in [2.45, 2.75) is 10.8 Å². The standard InChI is InChI=1S/C4H6Cl2O2S/c5-4(6)1-2-9(7,8)3-4/h1-3H2. The number of halogens is 2. The summed E-state index contributed by atoms with van der Waals surface area (Å²) in [5.41, 5.74) is 0. The minimum Gasteiger partial charge on any atom is -0.229 e. The molecule has 0 aromatic carbocycles. The summed E-state index contributed by atoms with van der Waals surface area (Å²) in [6.07, 6.45) is 0.360. The van der Waals surface area contributed by atoms with E-state index < -0.39 is 14.2 Å². The van der Waals surface area contributed by atoms with Crippen LogP contribution in [0.3, 0.4) is 0 Å². The molecule has 1 rings (SSSR count). The zero-order chi connectivity index (χ0) is 7.12. The van der Waals surface area contributed by atoms with Crippen LogP contribution in [0.4, 0.5) is 0 Å². The summed E-state index contributed by atoms with van der Waals surface area (Å²) in [6.45, 7) is 0. The third kappa shape index (κ3) is 1.99. The lowest BCUT2D eigenvalue weighted by Crippen LogP contribution is -2.13. The van der Waals surface area contributed by atoms with Crippen LogP contribution >= 0.6 is 23.2 Å². The molecule has 0 N–H and O–H groups in total. The van der Waals surface area contributed by atoms with Crippen molar-refractivity contribution in [3.8, 4) is 0 Å². The maximum Gasteiger partial charge on any atom is 0.153 e. The number of hydrogen-bond donors (Lipinski definition) is 0. The Morgan fingerprint density at radius 3 is 2.00 bits per heavy atom. The highest BCUT2D eigenvalue weighted by Crippen LogP contribution is 2.33. The highest BCUT2D eigenvalue weighted by atomic mass is 35.5. The Balaban J connectivity index is 2.81. The molecular formula is C4H6Cl2O2S. The molecule has 1 aliphatic heterocycles. The van der Waals surface area contributed by atoms with Gasteiger partial charge in [-0.2, -0.15) is 0 Å². The summed E-state index contributed by atoms with van der Waals surface area (Å²) in [4.78, 5) is 0. The molecular weight excluding hydrogens is 183 g/mol. The van der Waals surface area contributed by atoms with Crippen LogP contribution in [0.1, 0.15) is 6.42 Å². The minimum atomic E-state index is -2.92. The van der Waals surface area contributed by atoms with Crippen molar-refractivity contribution < 1.29 is 8.42 Å². The lowest BCUT2D eigenvalue weighted by molar-refractivity contribution is 0.602. The summed E-state index contributed by atoms with van der Waals surface area (Å²) < 4.78 is 20.3. The Kier molecular flexibility index (Phi) is 1.70. The fraction of sp³-hybridized carbons (Fsp3) is 1.00.